The van der Waals surface area contributed by atoms with Crippen molar-refractivity contribution in [3.63, 3.8) is 0 Å². The molecule has 0 bridgehead atoms. The minimum Gasteiger partial charge on any atom is -0.508 e. The highest BCUT2D eigenvalue weighted by atomic mass is 16.3. The number of hydrogen-bond acceptors (Lipinski definition) is 9. The van der Waals surface area contributed by atoms with Crippen molar-refractivity contribution >= 4 is 17.5 Å². The SMILES string of the molecule is CN(C)[C@@H]1C(O)C(C(N)=O)C(=O)[C@@]2(O)C(O)=C3C(=O)c4c(O)ccc(CN(CC5CC5)CC5CC5)c4C[C@H]3C[C@@H]12. The number of aliphatic hydroxyl groups is 3. The van der Waals surface area contributed by atoms with Gasteiger partial charge < -0.3 is 31.1 Å². The summed E-state index contributed by atoms with van der Waals surface area (Å²) < 4.78 is 0. The highest BCUT2D eigenvalue weighted by molar-refractivity contribution is 6.15. The highest BCUT2D eigenvalue weighted by Crippen LogP contribution is 2.52. The number of allylic oxidation sites excluding steroid dienone is 1. The third-order valence-electron chi connectivity index (χ3n) is 9.89. The fraction of sp³-hybridized carbons (Fsp3) is 0.633. The van der Waals surface area contributed by atoms with Gasteiger partial charge in [0.1, 0.15) is 17.4 Å². The van der Waals surface area contributed by atoms with Gasteiger partial charge in [0.2, 0.25) is 5.91 Å². The Morgan fingerprint density at radius 2 is 1.70 bits per heavy atom. The van der Waals surface area contributed by atoms with Crippen molar-refractivity contribution in [1.29, 1.82) is 0 Å². The van der Waals surface area contributed by atoms with E-state index in [2.05, 4.69) is 4.90 Å². The molecule has 10 nitrogen and oxygen atoms in total. The lowest BCUT2D eigenvalue weighted by atomic mass is 9.56. The number of primary amides is 1. The summed E-state index contributed by atoms with van der Waals surface area (Å²) in [7, 11) is 3.31. The Labute approximate surface area is 233 Å². The summed E-state index contributed by atoms with van der Waals surface area (Å²) in [6.07, 6.45) is 3.93. The molecular formula is C30H39N3O7. The fourth-order valence-corrected chi connectivity index (χ4v) is 7.59. The lowest BCUT2D eigenvalue weighted by molar-refractivity contribution is -0.178. The number of rotatable bonds is 8. The molecule has 0 heterocycles. The average Bonchev–Trinajstić information content (AvgIpc) is 3.80. The van der Waals surface area contributed by atoms with Crippen LogP contribution in [0.2, 0.25) is 0 Å². The first kappa shape index (κ1) is 27.4. The van der Waals surface area contributed by atoms with Crippen molar-refractivity contribution in [1.82, 2.24) is 9.80 Å². The zero-order valence-electron chi connectivity index (χ0n) is 23.0. The van der Waals surface area contributed by atoms with Crippen LogP contribution in [0.25, 0.3) is 0 Å². The number of phenolic OH excluding ortho intramolecular Hbond substituents is 1. The molecule has 5 aliphatic carbocycles. The standard InChI is InChI=1S/C30H39N3O7/c1-32(2)24-19-10-17-9-18-16(13-33(11-14-3-4-14)12-15-5-6-15)7-8-20(34)22(18)25(35)21(17)27(37)30(19,40)28(38)23(26(24)36)29(31)39/h7-8,14-15,17,19,23-24,26,34,36-37,40H,3-6,9-13H2,1-2H3,(H2,31,39)/t17-,19-,23?,24-,26?,30-/m0/s1. The van der Waals surface area contributed by atoms with Gasteiger partial charge in [-0.1, -0.05) is 6.07 Å². The van der Waals surface area contributed by atoms with E-state index in [1.165, 1.54) is 31.7 Å². The first-order valence-corrected chi connectivity index (χ1v) is 14.4. The van der Waals surface area contributed by atoms with E-state index in [1.807, 2.05) is 6.07 Å². The number of benzene rings is 1. The fourth-order valence-electron chi connectivity index (χ4n) is 7.59. The number of carbonyl (C=O) groups excluding carboxylic acids is 3. The van der Waals surface area contributed by atoms with Gasteiger partial charge in [0.25, 0.3) is 0 Å². The normalized spacial score (nSPS) is 33.7. The van der Waals surface area contributed by atoms with Crippen molar-refractivity contribution in [2.24, 2.45) is 35.3 Å². The van der Waals surface area contributed by atoms with Crippen LogP contribution < -0.4 is 5.73 Å². The third kappa shape index (κ3) is 4.27. The zero-order valence-corrected chi connectivity index (χ0v) is 23.0. The van der Waals surface area contributed by atoms with E-state index < -0.39 is 58.7 Å². The maximum Gasteiger partial charge on any atom is 0.230 e. The van der Waals surface area contributed by atoms with E-state index in [4.69, 9.17) is 5.73 Å². The summed E-state index contributed by atoms with van der Waals surface area (Å²) in [6, 6.07) is 2.50. The van der Waals surface area contributed by atoms with Crippen LogP contribution in [-0.4, -0.2) is 92.6 Å². The minimum absolute atomic E-state index is 0.0917. The number of aliphatic hydroxyl groups excluding tert-OH is 2. The van der Waals surface area contributed by atoms with Crippen LogP contribution in [0.5, 0.6) is 5.75 Å². The Bertz CT molecular complexity index is 1290. The summed E-state index contributed by atoms with van der Waals surface area (Å²) in [5.74, 6) is -5.70. The molecule has 1 aromatic carbocycles. The average molecular weight is 554 g/mol. The first-order valence-electron chi connectivity index (χ1n) is 14.4. The number of amides is 1. The molecule has 6 rings (SSSR count). The Hall–Kier alpha value is -2.79. The van der Waals surface area contributed by atoms with Crippen LogP contribution in [0.3, 0.4) is 0 Å². The van der Waals surface area contributed by atoms with E-state index in [1.54, 1.807) is 19.0 Å². The third-order valence-corrected chi connectivity index (χ3v) is 9.89. The number of Topliss-reactive ketones (excluding diaryl/α,β-unsaturated/α-hetero) is 2. The molecule has 6 N–H and O–H groups in total. The molecule has 0 aromatic heterocycles. The van der Waals surface area contributed by atoms with Crippen molar-refractivity contribution < 1.29 is 34.8 Å². The lowest BCUT2D eigenvalue weighted by Crippen LogP contribution is -2.71. The molecule has 0 spiro atoms. The van der Waals surface area contributed by atoms with Crippen LogP contribution in [0, 0.1) is 29.6 Å². The predicted molar refractivity (Wildman–Crippen MR) is 144 cm³/mol. The number of likely N-dealkylation sites (N-methyl/N-ethyl adjacent to an activating group) is 1. The Kier molecular flexibility index (Phi) is 6.61. The second-order valence-corrected chi connectivity index (χ2v) is 13.0. The summed E-state index contributed by atoms with van der Waals surface area (Å²) in [6.45, 7) is 2.68. The number of aromatic hydroxyl groups is 1. The molecule has 5 aliphatic rings. The molecule has 3 fully saturated rings. The monoisotopic (exact) mass is 553 g/mol. The van der Waals surface area contributed by atoms with Crippen molar-refractivity contribution in [3.8, 4) is 5.75 Å². The first-order chi connectivity index (χ1) is 18.9. The molecule has 216 valence electrons. The predicted octanol–water partition coefficient (Wildman–Crippen LogP) is 0.908. The number of fused-ring (bicyclic) bond motifs is 3. The molecule has 0 saturated heterocycles. The van der Waals surface area contributed by atoms with E-state index in [-0.39, 0.29) is 23.3 Å². The van der Waals surface area contributed by atoms with Gasteiger partial charge in [-0.2, -0.15) is 0 Å². The van der Waals surface area contributed by atoms with Gasteiger partial charge in [0.05, 0.1) is 11.7 Å². The molecule has 1 aromatic rings. The molecule has 6 atom stereocenters. The number of nitrogens with two attached hydrogens (primary N) is 1. The second kappa shape index (κ2) is 9.65. The molecular weight excluding hydrogens is 514 g/mol. The zero-order chi connectivity index (χ0) is 28.7. The van der Waals surface area contributed by atoms with Gasteiger partial charge in [0, 0.05) is 37.2 Å². The van der Waals surface area contributed by atoms with Crippen LogP contribution in [0.1, 0.15) is 53.6 Å². The molecule has 2 unspecified atom stereocenters. The van der Waals surface area contributed by atoms with Crippen molar-refractivity contribution in [2.45, 2.75) is 62.8 Å². The minimum atomic E-state index is -2.56. The number of ketones is 2. The number of nitrogens with zero attached hydrogens (tertiary/aromatic N) is 2. The van der Waals surface area contributed by atoms with Gasteiger partial charge >= 0.3 is 0 Å². The highest BCUT2D eigenvalue weighted by Gasteiger charge is 2.66. The maximum absolute atomic E-state index is 13.9. The summed E-state index contributed by atoms with van der Waals surface area (Å²) in [5, 5.41) is 45.1. The number of carbonyl (C=O) groups is 3. The van der Waals surface area contributed by atoms with E-state index in [0.717, 1.165) is 24.2 Å². The van der Waals surface area contributed by atoms with Crippen LogP contribution in [-0.2, 0) is 22.6 Å². The Morgan fingerprint density at radius 1 is 1.07 bits per heavy atom. The van der Waals surface area contributed by atoms with Crippen molar-refractivity contribution in [3.05, 3.63) is 40.2 Å². The smallest absolute Gasteiger partial charge is 0.230 e. The van der Waals surface area contributed by atoms with Gasteiger partial charge in [-0.3, -0.25) is 19.3 Å². The van der Waals surface area contributed by atoms with E-state index >= 15 is 0 Å². The van der Waals surface area contributed by atoms with Gasteiger partial charge in [0.15, 0.2) is 17.2 Å². The largest absolute Gasteiger partial charge is 0.508 e. The van der Waals surface area contributed by atoms with Crippen LogP contribution in [0.15, 0.2) is 23.5 Å². The topological polar surface area (TPSA) is 165 Å². The van der Waals surface area contributed by atoms with Crippen LogP contribution >= 0.6 is 0 Å². The quantitative estimate of drug-likeness (QED) is 0.294. The summed E-state index contributed by atoms with van der Waals surface area (Å²) in [5.41, 5.74) is 4.55. The summed E-state index contributed by atoms with van der Waals surface area (Å²) >= 11 is 0. The van der Waals surface area contributed by atoms with E-state index in [0.29, 0.717) is 24.8 Å². The van der Waals surface area contributed by atoms with E-state index in [9.17, 15) is 34.8 Å². The lowest BCUT2D eigenvalue weighted by Gasteiger charge is -2.53. The van der Waals surface area contributed by atoms with Gasteiger partial charge in [-0.25, -0.2) is 0 Å². The number of hydrogen-bond donors (Lipinski definition) is 5. The Morgan fingerprint density at radius 3 is 2.25 bits per heavy atom. The Balaban J connectivity index is 1.41. The van der Waals surface area contributed by atoms with Gasteiger partial charge in [-0.05, 0) is 87.6 Å². The number of phenols is 1. The molecule has 0 radical (unpaired) electrons. The molecule has 10 heteroatoms. The van der Waals surface area contributed by atoms with Crippen LogP contribution in [0.4, 0.5) is 0 Å². The molecule has 40 heavy (non-hydrogen) atoms. The molecule has 1 amide bonds. The van der Waals surface area contributed by atoms with Crippen molar-refractivity contribution in [2.75, 3.05) is 27.2 Å². The maximum atomic E-state index is 13.9. The molecule has 0 aliphatic heterocycles. The molecule has 3 saturated carbocycles. The second-order valence-electron chi connectivity index (χ2n) is 13.0. The van der Waals surface area contributed by atoms with Gasteiger partial charge in [-0.15, -0.1) is 0 Å². The summed E-state index contributed by atoms with van der Waals surface area (Å²) in [4.78, 5) is 43.7.